The average molecular weight is 560 g/mol. The Morgan fingerprint density at radius 3 is 2.45 bits per heavy atom. The van der Waals surface area contributed by atoms with Gasteiger partial charge in [0, 0.05) is 37.8 Å². The first kappa shape index (κ1) is 25.0. The largest absolute Gasteiger partial charge is 0.497 e. The number of furan rings is 1. The molecule has 0 amide bonds. The summed E-state index contributed by atoms with van der Waals surface area (Å²) in [5.41, 5.74) is 2.45. The highest BCUT2D eigenvalue weighted by Crippen LogP contribution is 2.19. The Morgan fingerprint density at radius 2 is 1.79 bits per heavy atom. The van der Waals surface area contributed by atoms with Gasteiger partial charge in [0.1, 0.15) is 11.5 Å². The van der Waals surface area contributed by atoms with Gasteiger partial charge in [0.2, 0.25) is 0 Å². The summed E-state index contributed by atoms with van der Waals surface area (Å²) in [4.78, 5) is 7.30. The molecule has 6 nitrogen and oxygen atoms in total. The van der Waals surface area contributed by atoms with Crippen LogP contribution in [0.4, 0.5) is 5.69 Å². The van der Waals surface area contributed by atoms with Gasteiger partial charge in [-0.1, -0.05) is 30.3 Å². The van der Waals surface area contributed by atoms with Crippen LogP contribution in [0, 0.1) is 0 Å². The fourth-order valence-electron chi connectivity index (χ4n) is 3.93. The summed E-state index contributed by atoms with van der Waals surface area (Å²) >= 11 is 0. The van der Waals surface area contributed by atoms with Gasteiger partial charge in [-0.25, -0.2) is 4.99 Å². The van der Waals surface area contributed by atoms with Crippen molar-refractivity contribution >= 4 is 35.6 Å². The minimum Gasteiger partial charge on any atom is -0.497 e. The molecule has 2 aromatic carbocycles. The van der Waals surface area contributed by atoms with Crippen molar-refractivity contribution in [3.8, 4) is 5.75 Å². The molecule has 0 unspecified atom stereocenters. The predicted molar refractivity (Wildman–Crippen MR) is 145 cm³/mol. The van der Waals surface area contributed by atoms with Crippen LogP contribution in [-0.4, -0.2) is 38.7 Å². The zero-order valence-corrected chi connectivity index (χ0v) is 21.4. The maximum absolute atomic E-state index is 5.45. The number of benzene rings is 2. The lowest BCUT2D eigenvalue weighted by molar-refractivity contribution is 0.414. The van der Waals surface area contributed by atoms with Gasteiger partial charge in [-0.05, 0) is 54.8 Å². The van der Waals surface area contributed by atoms with Gasteiger partial charge in [0.25, 0.3) is 0 Å². The third-order valence-electron chi connectivity index (χ3n) is 5.78. The van der Waals surface area contributed by atoms with E-state index in [9.17, 15) is 0 Å². The number of rotatable bonds is 8. The number of methoxy groups -OCH3 is 1. The molecule has 4 rings (SSSR count). The Balaban J connectivity index is 0.00000306. The highest BCUT2D eigenvalue weighted by atomic mass is 127. The first-order valence-electron chi connectivity index (χ1n) is 11.3. The molecule has 1 aromatic heterocycles. The first-order chi connectivity index (χ1) is 15.8. The molecule has 0 radical (unpaired) electrons. The smallest absolute Gasteiger partial charge is 0.191 e. The summed E-state index contributed by atoms with van der Waals surface area (Å²) in [5, 5.41) is 7.14. The van der Waals surface area contributed by atoms with Crippen LogP contribution in [0.1, 0.15) is 24.2 Å². The third-order valence-corrected chi connectivity index (χ3v) is 5.78. The summed E-state index contributed by atoms with van der Waals surface area (Å²) in [6.45, 7) is 3.47. The first-order valence-corrected chi connectivity index (χ1v) is 11.3. The Hall–Kier alpha value is -2.68. The number of nitrogens with one attached hydrogen (secondary N) is 2. The molecule has 1 aliphatic heterocycles. The molecule has 0 aliphatic carbocycles. The number of hydrogen-bond acceptors (Lipinski definition) is 4. The maximum Gasteiger partial charge on any atom is 0.191 e. The highest BCUT2D eigenvalue weighted by Gasteiger charge is 2.20. The fourth-order valence-corrected chi connectivity index (χ4v) is 3.93. The third kappa shape index (κ3) is 7.70. The second kappa shape index (κ2) is 13.1. The molecule has 2 heterocycles. The summed E-state index contributed by atoms with van der Waals surface area (Å²) in [5.74, 6) is 2.69. The molecule has 3 aromatic rings. The zero-order chi connectivity index (χ0) is 22.0. The molecule has 0 bridgehead atoms. The van der Waals surface area contributed by atoms with Crippen molar-refractivity contribution in [2.24, 2.45) is 4.99 Å². The molecule has 1 saturated heterocycles. The number of para-hydroxylation sites is 1. The summed E-state index contributed by atoms with van der Waals surface area (Å²) in [6.07, 6.45) is 4.70. The molecular formula is C26H33IN4O2. The normalized spacial score (nSPS) is 14.5. The molecule has 0 atom stereocenters. The van der Waals surface area contributed by atoms with E-state index in [-0.39, 0.29) is 24.0 Å². The molecular weight excluding hydrogens is 527 g/mol. The Bertz CT molecular complexity index is 954. The molecule has 1 aliphatic rings. The maximum atomic E-state index is 5.45. The SMILES string of the molecule is COc1ccc(CN=C(NCCc2ccco2)NC2CCN(c3ccccc3)CC2)cc1.I. The number of halogens is 1. The lowest BCUT2D eigenvalue weighted by Crippen LogP contribution is -2.49. The summed E-state index contributed by atoms with van der Waals surface area (Å²) in [7, 11) is 1.68. The van der Waals surface area contributed by atoms with E-state index in [0.717, 1.165) is 61.9 Å². The molecule has 0 spiro atoms. The number of piperidine rings is 1. The van der Waals surface area contributed by atoms with E-state index in [1.807, 2.05) is 24.3 Å². The number of nitrogens with zero attached hydrogens (tertiary/aromatic N) is 2. The molecule has 33 heavy (non-hydrogen) atoms. The van der Waals surface area contributed by atoms with Crippen molar-refractivity contribution in [1.29, 1.82) is 0 Å². The highest BCUT2D eigenvalue weighted by molar-refractivity contribution is 14.0. The molecule has 176 valence electrons. The zero-order valence-electron chi connectivity index (χ0n) is 19.1. The molecule has 7 heteroatoms. The minimum atomic E-state index is 0. The average Bonchev–Trinajstić information content (AvgIpc) is 3.37. The van der Waals surface area contributed by atoms with Crippen molar-refractivity contribution in [1.82, 2.24) is 10.6 Å². The Kier molecular flexibility index (Phi) is 9.93. The van der Waals surface area contributed by atoms with Crippen LogP contribution in [0.3, 0.4) is 0 Å². The van der Waals surface area contributed by atoms with Gasteiger partial charge in [-0.15, -0.1) is 24.0 Å². The number of anilines is 1. The summed E-state index contributed by atoms with van der Waals surface area (Å²) in [6, 6.07) is 23.0. The summed E-state index contributed by atoms with van der Waals surface area (Å²) < 4.78 is 10.7. The van der Waals surface area contributed by atoms with E-state index in [4.69, 9.17) is 14.1 Å². The topological polar surface area (TPSA) is 62.0 Å². The van der Waals surface area contributed by atoms with Gasteiger partial charge in [0.05, 0.1) is 19.9 Å². The van der Waals surface area contributed by atoms with E-state index in [0.29, 0.717) is 12.6 Å². The van der Waals surface area contributed by atoms with Crippen LogP contribution in [0.5, 0.6) is 5.75 Å². The molecule has 2 N–H and O–H groups in total. The van der Waals surface area contributed by atoms with Crippen LogP contribution in [0.15, 0.2) is 82.4 Å². The van der Waals surface area contributed by atoms with E-state index in [1.54, 1.807) is 13.4 Å². The quantitative estimate of drug-likeness (QED) is 0.234. The van der Waals surface area contributed by atoms with Gasteiger partial charge in [-0.3, -0.25) is 0 Å². The number of ether oxygens (including phenoxy) is 1. The van der Waals surface area contributed by atoms with Crippen LogP contribution in [0.25, 0.3) is 0 Å². The fraction of sp³-hybridized carbons (Fsp3) is 0.346. The van der Waals surface area contributed by atoms with E-state index < -0.39 is 0 Å². The lowest BCUT2D eigenvalue weighted by Gasteiger charge is -2.34. The van der Waals surface area contributed by atoms with Crippen LogP contribution >= 0.6 is 24.0 Å². The molecule has 1 fully saturated rings. The number of guanidine groups is 1. The van der Waals surface area contributed by atoms with Crippen LogP contribution in [-0.2, 0) is 13.0 Å². The Labute approximate surface area is 213 Å². The van der Waals surface area contributed by atoms with E-state index in [1.165, 1.54) is 5.69 Å². The van der Waals surface area contributed by atoms with Crippen molar-refractivity contribution in [2.75, 3.05) is 31.6 Å². The van der Waals surface area contributed by atoms with E-state index in [2.05, 4.69) is 58.0 Å². The minimum absolute atomic E-state index is 0. The lowest BCUT2D eigenvalue weighted by atomic mass is 10.0. The van der Waals surface area contributed by atoms with Gasteiger partial charge >= 0.3 is 0 Å². The van der Waals surface area contributed by atoms with Crippen molar-refractivity contribution < 1.29 is 9.15 Å². The standard InChI is InChI=1S/C26H32N4O2.HI/c1-31-24-11-9-21(10-12-24)20-28-26(27-16-13-25-8-5-19-32-25)29-22-14-17-30(18-15-22)23-6-3-2-4-7-23;/h2-12,19,22H,13-18,20H2,1H3,(H2,27,28,29);1H. The van der Waals surface area contributed by atoms with Crippen molar-refractivity contribution in [3.05, 3.63) is 84.3 Å². The monoisotopic (exact) mass is 560 g/mol. The number of aliphatic imine (C=N–C) groups is 1. The Morgan fingerprint density at radius 1 is 1.03 bits per heavy atom. The van der Waals surface area contributed by atoms with Gasteiger partial charge in [0.15, 0.2) is 5.96 Å². The van der Waals surface area contributed by atoms with Crippen LogP contribution < -0.4 is 20.3 Å². The second-order valence-corrected chi connectivity index (χ2v) is 8.01. The molecule has 0 saturated carbocycles. The second-order valence-electron chi connectivity index (χ2n) is 8.01. The van der Waals surface area contributed by atoms with Crippen molar-refractivity contribution in [2.45, 2.75) is 31.8 Å². The van der Waals surface area contributed by atoms with Gasteiger partial charge < -0.3 is 24.7 Å². The predicted octanol–water partition coefficient (Wildman–Crippen LogP) is 4.85. The van der Waals surface area contributed by atoms with E-state index >= 15 is 0 Å². The van der Waals surface area contributed by atoms with Crippen molar-refractivity contribution in [3.63, 3.8) is 0 Å². The van der Waals surface area contributed by atoms with Gasteiger partial charge in [-0.2, -0.15) is 0 Å². The number of hydrogen-bond donors (Lipinski definition) is 2. The van der Waals surface area contributed by atoms with Crippen LogP contribution in [0.2, 0.25) is 0 Å².